The first-order valence-electron chi connectivity index (χ1n) is 8.34. The van der Waals surface area contributed by atoms with Crippen molar-refractivity contribution in [2.24, 2.45) is 0 Å². The third-order valence-electron chi connectivity index (χ3n) is 3.66. The van der Waals surface area contributed by atoms with Crippen molar-refractivity contribution in [2.75, 3.05) is 18.2 Å². The molecule has 1 aromatic heterocycles. The minimum Gasteiger partial charge on any atom is -0.494 e. The van der Waals surface area contributed by atoms with Gasteiger partial charge in [-0.2, -0.15) is 15.0 Å². The van der Waals surface area contributed by atoms with E-state index in [9.17, 15) is 9.18 Å². The zero-order valence-electron chi connectivity index (χ0n) is 15.1. The van der Waals surface area contributed by atoms with Crippen molar-refractivity contribution in [2.45, 2.75) is 13.0 Å². The van der Waals surface area contributed by atoms with Crippen LogP contribution in [0.3, 0.4) is 0 Å². The number of esters is 1. The standard InChI is InChI=1S/C19H18FN5O3/c1-27-15-8-7-12(9-14(15)20)10-17(26)28-11-16-23-18(21)25-19(24-16)22-13-5-3-2-4-6-13/h2-9H,10-11H2,1H3,(H3,21,22,23,24,25). The topological polar surface area (TPSA) is 112 Å². The summed E-state index contributed by atoms with van der Waals surface area (Å²) in [5, 5.41) is 2.99. The zero-order valence-corrected chi connectivity index (χ0v) is 15.1. The maximum absolute atomic E-state index is 13.7. The predicted octanol–water partition coefficient (Wildman–Crippen LogP) is 2.63. The average molecular weight is 383 g/mol. The van der Waals surface area contributed by atoms with E-state index in [0.717, 1.165) is 5.69 Å². The van der Waals surface area contributed by atoms with Gasteiger partial charge in [0.1, 0.15) is 0 Å². The summed E-state index contributed by atoms with van der Waals surface area (Å²) in [4.78, 5) is 24.1. The molecule has 0 aliphatic rings. The third-order valence-corrected chi connectivity index (χ3v) is 3.66. The summed E-state index contributed by atoms with van der Waals surface area (Å²) in [6.45, 7) is -0.187. The zero-order chi connectivity index (χ0) is 19.9. The second-order valence-corrected chi connectivity index (χ2v) is 5.73. The molecule has 0 saturated carbocycles. The van der Waals surface area contributed by atoms with Crippen LogP contribution in [0.15, 0.2) is 48.5 Å². The molecule has 0 aliphatic heterocycles. The van der Waals surface area contributed by atoms with Crippen molar-refractivity contribution < 1.29 is 18.7 Å². The van der Waals surface area contributed by atoms with E-state index in [1.165, 1.54) is 19.2 Å². The first-order chi connectivity index (χ1) is 13.5. The van der Waals surface area contributed by atoms with Crippen molar-refractivity contribution in [3.05, 3.63) is 65.7 Å². The average Bonchev–Trinajstić information content (AvgIpc) is 2.67. The van der Waals surface area contributed by atoms with Gasteiger partial charge < -0.3 is 20.5 Å². The van der Waals surface area contributed by atoms with Gasteiger partial charge in [-0.05, 0) is 29.8 Å². The molecule has 0 fully saturated rings. The highest BCUT2D eigenvalue weighted by molar-refractivity contribution is 5.72. The normalized spacial score (nSPS) is 10.4. The van der Waals surface area contributed by atoms with Crippen molar-refractivity contribution >= 4 is 23.6 Å². The first-order valence-corrected chi connectivity index (χ1v) is 8.34. The number of hydrogen-bond acceptors (Lipinski definition) is 8. The molecule has 3 N–H and O–H groups in total. The number of para-hydroxylation sites is 1. The Hall–Kier alpha value is -3.75. The number of halogens is 1. The SMILES string of the molecule is COc1ccc(CC(=O)OCc2nc(N)nc(Nc3ccccc3)n2)cc1F. The molecule has 0 spiro atoms. The van der Waals surface area contributed by atoms with E-state index in [1.54, 1.807) is 6.07 Å². The number of carbonyl (C=O) groups excluding carboxylic acids is 1. The number of hydrogen-bond donors (Lipinski definition) is 2. The van der Waals surface area contributed by atoms with Crippen molar-refractivity contribution in [1.29, 1.82) is 0 Å². The number of nitrogen functional groups attached to an aromatic ring is 1. The van der Waals surface area contributed by atoms with E-state index in [-0.39, 0.29) is 36.5 Å². The van der Waals surface area contributed by atoms with E-state index in [1.807, 2.05) is 30.3 Å². The molecule has 1 heterocycles. The van der Waals surface area contributed by atoms with Gasteiger partial charge in [-0.15, -0.1) is 0 Å². The quantitative estimate of drug-likeness (QED) is 0.599. The lowest BCUT2D eigenvalue weighted by Crippen LogP contribution is -2.12. The molecule has 28 heavy (non-hydrogen) atoms. The summed E-state index contributed by atoms with van der Waals surface area (Å²) in [6, 6.07) is 13.5. The molecule has 0 amide bonds. The molecule has 8 nitrogen and oxygen atoms in total. The lowest BCUT2D eigenvalue weighted by Gasteiger charge is -2.08. The Bertz CT molecular complexity index is 969. The van der Waals surface area contributed by atoms with Crippen LogP contribution in [0.5, 0.6) is 5.75 Å². The van der Waals surface area contributed by atoms with Gasteiger partial charge in [-0.3, -0.25) is 4.79 Å². The Balaban J connectivity index is 1.60. The highest BCUT2D eigenvalue weighted by Gasteiger charge is 2.11. The molecule has 2 aromatic carbocycles. The van der Waals surface area contributed by atoms with Gasteiger partial charge in [0.2, 0.25) is 11.9 Å². The fourth-order valence-electron chi connectivity index (χ4n) is 2.39. The second kappa shape index (κ2) is 8.76. The Labute approximate surface area is 160 Å². The molecule has 0 saturated heterocycles. The summed E-state index contributed by atoms with van der Waals surface area (Å²) < 4.78 is 23.7. The van der Waals surface area contributed by atoms with Gasteiger partial charge >= 0.3 is 5.97 Å². The molecule has 3 rings (SSSR count). The van der Waals surface area contributed by atoms with Crippen LogP contribution in [0.2, 0.25) is 0 Å². The second-order valence-electron chi connectivity index (χ2n) is 5.73. The number of nitrogens with two attached hydrogens (primary N) is 1. The van der Waals surface area contributed by atoms with Gasteiger partial charge in [0.15, 0.2) is 24.0 Å². The van der Waals surface area contributed by atoms with Gasteiger partial charge in [0, 0.05) is 5.69 Å². The van der Waals surface area contributed by atoms with Crippen LogP contribution in [-0.2, 0) is 22.6 Å². The van der Waals surface area contributed by atoms with Gasteiger partial charge in [-0.25, -0.2) is 4.39 Å². The highest BCUT2D eigenvalue weighted by atomic mass is 19.1. The molecular formula is C19H18FN5O3. The molecule has 144 valence electrons. The van der Waals surface area contributed by atoms with Gasteiger partial charge in [0.05, 0.1) is 13.5 Å². The summed E-state index contributed by atoms with van der Waals surface area (Å²) in [6.07, 6.45) is -0.101. The maximum Gasteiger partial charge on any atom is 0.310 e. The van der Waals surface area contributed by atoms with Crippen LogP contribution in [0.4, 0.5) is 22.0 Å². The van der Waals surface area contributed by atoms with Crippen LogP contribution in [-0.4, -0.2) is 28.0 Å². The molecular weight excluding hydrogens is 365 g/mol. The Kier molecular flexibility index (Phi) is 5.95. The molecule has 0 atom stereocenters. The number of nitrogens with one attached hydrogen (secondary N) is 1. The van der Waals surface area contributed by atoms with E-state index < -0.39 is 11.8 Å². The minimum atomic E-state index is -0.555. The fourth-order valence-corrected chi connectivity index (χ4v) is 2.39. The molecule has 0 aliphatic carbocycles. The molecule has 9 heteroatoms. The number of carbonyl (C=O) groups is 1. The Morgan fingerprint density at radius 2 is 1.93 bits per heavy atom. The number of ether oxygens (including phenoxy) is 2. The Morgan fingerprint density at radius 1 is 1.14 bits per heavy atom. The van der Waals surface area contributed by atoms with Crippen LogP contribution >= 0.6 is 0 Å². The smallest absolute Gasteiger partial charge is 0.310 e. The van der Waals surface area contributed by atoms with Crippen molar-refractivity contribution in [3.63, 3.8) is 0 Å². The van der Waals surface area contributed by atoms with Crippen LogP contribution in [0.1, 0.15) is 11.4 Å². The highest BCUT2D eigenvalue weighted by Crippen LogP contribution is 2.18. The van der Waals surface area contributed by atoms with Crippen LogP contribution < -0.4 is 15.8 Å². The van der Waals surface area contributed by atoms with Crippen molar-refractivity contribution in [3.8, 4) is 5.75 Å². The summed E-state index contributed by atoms with van der Waals surface area (Å²) >= 11 is 0. The van der Waals surface area contributed by atoms with E-state index in [0.29, 0.717) is 5.56 Å². The predicted molar refractivity (Wildman–Crippen MR) is 100 cm³/mol. The van der Waals surface area contributed by atoms with E-state index in [4.69, 9.17) is 15.2 Å². The lowest BCUT2D eigenvalue weighted by molar-refractivity contribution is -0.144. The summed E-state index contributed by atoms with van der Waals surface area (Å²) in [5.41, 5.74) is 6.93. The molecule has 0 radical (unpaired) electrons. The van der Waals surface area contributed by atoms with Crippen molar-refractivity contribution in [1.82, 2.24) is 15.0 Å². The van der Waals surface area contributed by atoms with Gasteiger partial charge in [0.25, 0.3) is 0 Å². The Morgan fingerprint density at radius 3 is 2.64 bits per heavy atom. The minimum absolute atomic E-state index is 0.00305. The number of benzene rings is 2. The van der Waals surface area contributed by atoms with E-state index >= 15 is 0 Å². The van der Waals surface area contributed by atoms with Crippen LogP contribution in [0.25, 0.3) is 0 Å². The number of anilines is 3. The first kappa shape index (κ1) is 19.0. The van der Waals surface area contributed by atoms with Crippen LogP contribution in [0, 0.1) is 5.82 Å². The fraction of sp³-hybridized carbons (Fsp3) is 0.158. The van der Waals surface area contributed by atoms with Gasteiger partial charge in [-0.1, -0.05) is 24.3 Å². The molecule has 3 aromatic rings. The number of methoxy groups -OCH3 is 1. The monoisotopic (exact) mass is 383 g/mol. The lowest BCUT2D eigenvalue weighted by atomic mass is 10.1. The largest absolute Gasteiger partial charge is 0.494 e. The molecule has 0 bridgehead atoms. The number of rotatable bonds is 7. The summed E-state index contributed by atoms with van der Waals surface area (Å²) in [5.74, 6) is -0.564. The number of nitrogens with zero attached hydrogens (tertiary/aromatic N) is 3. The third kappa shape index (κ3) is 5.13. The summed E-state index contributed by atoms with van der Waals surface area (Å²) in [7, 11) is 1.37. The number of aromatic nitrogens is 3. The van der Waals surface area contributed by atoms with E-state index in [2.05, 4.69) is 20.3 Å². The molecule has 0 unspecified atom stereocenters. The maximum atomic E-state index is 13.7.